The molecule has 1 aromatic carbocycles. The van der Waals surface area contributed by atoms with Crippen LogP contribution in [0, 0.1) is 11.3 Å². The minimum atomic E-state index is 0.219. The van der Waals surface area contributed by atoms with Crippen molar-refractivity contribution < 1.29 is 0 Å². The molecule has 0 fully saturated rings. The predicted octanol–water partition coefficient (Wildman–Crippen LogP) is 3.78. The lowest BCUT2D eigenvalue weighted by molar-refractivity contribution is 0.505. The molecule has 0 bridgehead atoms. The zero-order valence-corrected chi connectivity index (χ0v) is 10.6. The van der Waals surface area contributed by atoms with E-state index in [0.717, 1.165) is 12.0 Å². The van der Waals surface area contributed by atoms with Gasteiger partial charge in [0.05, 0.1) is 12.5 Å². The smallest absolute Gasteiger partial charge is 0.0638 e. The molecule has 0 aromatic heterocycles. The molecule has 0 radical (unpaired) electrons. The van der Waals surface area contributed by atoms with Crippen LogP contribution in [-0.2, 0) is 6.54 Å². The summed E-state index contributed by atoms with van der Waals surface area (Å²) < 4.78 is 0. The van der Waals surface area contributed by atoms with E-state index in [-0.39, 0.29) is 6.04 Å². The first kappa shape index (κ1) is 13.3. The number of nitrogens with one attached hydrogen (secondary N) is 1. The van der Waals surface area contributed by atoms with Crippen LogP contribution in [0.2, 0.25) is 10.0 Å². The molecular weight excluding hydrogens is 243 g/mol. The van der Waals surface area contributed by atoms with Crippen molar-refractivity contribution in [2.75, 3.05) is 0 Å². The van der Waals surface area contributed by atoms with Crippen LogP contribution in [0.25, 0.3) is 0 Å². The Bertz CT molecular complexity index is 385. The maximum absolute atomic E-state index is 8.62. The van der Waals surface area contributed by atoms with Gasteiger partial charge < -0.3 is 5.32 Å². The fourth-order valence-corrected chi connectivity index (χ4v) is 1.87. The molecule has 0 aliphatic rings. The monoisotopic (exact) mass is 256 g/mol. The van der Waals surface area contributed by atoms with Gasteiger partial charge in [-0.25, -0.2) is 0 Å². The topological polar surface area (TPSA) is 35.8 Å². The molecular formula is C12H14Cl2N2. The highest BCUT2D eigenvalue weighted by Gasteiger charge is 2.06. The number of benzene rings is 1. The quantitative estimate of drug-likeness (QED) is 0.871. The number of rotatable bonds is 5. The lowest BCUT2D eigenvalue weighted by Gasteiger charge is -2.14. The number of hydrogen-bond acceptors (Lipinski definition) is 2. The Morgan fingerprint density at radius 2 is 2.19 bits per heavy atom. The van der Waals surface area contributed by atoms with E-state index in [9.17, 15) is 0 Å². The minimum Gasteiger partial charge on any atom is -0.309 e. The summed E-state index contributed by atoms with van der Waals surface area (Å²) in [5.41, 5.74) is 1.00. The van der Waals surface area contributed by atoms with Crippen molar-refractivity contribution in [3.63, 3.8) is 0 Å². The maximum Gasteiger partial charge on any atom is 0.0638 e. The van der Waals surface area contributed by atoms with E-state index < -0.39 is 0 Å². The molecule has 1 atom stereocenters. The van der Waals surface area contributed by atoms with E-state index in [1.807, 2.05) is 12.1 Å². The molecule has 0 amide bonds. The first-order valence-electron chi connectivity index (χ1n) is 5.21. The largest absolute Gasteiger partial charge is 0.309 e. The molecule has 16 heavy (non-hydrogen) atoms. The molecule has 0 saturated heterocycles. The number of halogens is 2. The van der Waals surface area contributed by atoms with Crippen LogP contribution in [0.5, 0.6) is 0 Å². The summed E-state index contributed by atoms with van der Waals surface area (Å²) in [7, 11) is 0. The van der Waals surface area contributed by atoms with Crippen LogP contribution in [0.3, 0.4) is 0 Å². The van der Waals surface area contributed by atoms with E-state index in [1.165, 1.54) is 0 Å². The van der Waals surface area contributed by atoms with Crippen molar-refractivity contribution in [1.29, 1.82) is 5.26 Å². The van der Waals surface area contributed by atoms with Crippen molar-refractivity contribution in [2.45, 2.75) is 32.4 Å². The molecule has 0 saturated carbocycles. The SMILES string of the molecule is CCC(CC#N)NCc1ccc(Cl)cc1Cl. The maximum atomic E-state index is 8.62. The third-order valence-electron chi connectivity index (χ3n) is 2.43. The highest BCUT2D eigenvalue weighted by Crippen LogP contribution is 2.20. The first-order valence-corrected chi connectivity index (χ1v) is 5.97. The second kappa shape index (κ2) is 6.75. The van der Waals surface area contributed by atoms with Crippen molar-refractivity contribution in [3.05, 3.63) is 33.8 Å². The van der Waals surface area contributed by atoms with Gasteiger partial charge in [-0.05, 0) is 24.1 Å². The molecule has 4 heteroatoms. The second-order valence-corrected chi connectivity index (χ2v) is 4.43. The third kappa shape index (κ3) is 4.02. The van der Waals surface area contributed by atoms with Crippen molar-refractivity contribution >= 4 is 23.2 Å². The Balaban J connectivity index is 2.57. The van der Waals surface area contributed by atoms with E-state index in [4.69, 9.17) is 28.5 Å². The van der Waals surface area contributed by atoms with Gasteiger partial charge in [0, 0.05) is 22.6 Å². The van der Waals surface area contributed by atoms with Crippen LogP contribution < -0.4 is 5.32 Å². The standard InChI is InChI=1S/C12H14Cl2N2/c1-2-11(5-6-15)16-8-9-3-4-10(13)7-12(9)14/h3-4,7,11,16H,2,5,8H2,1H3. The van der Waals surface area contributed by atoms with Gasteiger partial charge in [-0.2, -0.15) is 5.26 Å². The van der Waals surface area contributed by atoms with Crippen LogP contribution in [-0.4, -0.2) is 6.04 Å². The molecule has 2 nitrogen and oxygen atoms in total. The molecule has 1 N–H and O–H groups in total. The van der Waals surface area contributed by atoms with Gasteiger partial charge >= 0.3 is 0 Å². The number of nitriles is 1. The average molecular weight is 257 g/mol. The van der Waals surface area contributed by atoms with Crippen LogP contribution in [0.4, 0.5) is 0 Å². The summed E-state index contributed by atoms with van der Waals surface area (Å²) in [6, 6.07) is 7.82. The van der Waals surface area contributed by atoms with Crippen LogP contribution in [0.1, 0.15) is 25.3 Å². The van der Waals surface area contributed by atoms with Gasteiger partial charge in [0.1, 0.15) is 0 Å². The Morgan fingerprint density at radius 1 is 1.44 bits per heavy atom. The number of nitrogens with zero attached hydrogens (tertiary/aromatic N) is 1. The Kier molecular flexibility index (Phi) is 5.62. The molecule has 86 valence electrons. The van der Waals surface area contributed by atoms with Gasteiger partial charge in [-0.15, -0.1) is 0 Å². The third-order valence-corrected chi connectivity index (χ3v) is 3.01. The van der Waals surface area contributed by atoms with Gasteiger partial charge in [0.2, 0.25) is 0 Å². The van der Waals surface area contributed by atoms with Gasteiger partial charge in [0.25, 0.3) is 0 Å². The lowest BCUT2D eigenvalue weighted by atomic mass is 10.1. The van der Waals surface area contributed by atoms with Gasteiger partial charge in [-0.3, -0.25) is 0 Å². The summed E-state index contributed by atoms with van der Waals surface area (Å²) >= 11 is 11.9. The number of hydrogen-bond donors (Lipinski definition) is 1. The molecule has 1 unspecified atom stereocenters. The molecule has 0 aliphatic heterocycles. The van der Waals surface area contributed by atoms with Gasteiger partial charge in [0.15, 0.2) is 0 Å². The summed E-state index contributed by atoms with van der Waals surface area (Å²) in [5, 5.41) is 13.2. The molecule has 0 spiro atoms. The predicted molar refractivity (Wildman–Crippen MR) is 67.6 cm³/mol. The zero-order valence-electron chi connectivity index (χ0n) is 9.13. The fraction of sp³-hybridized carbons (Fsp3) is 0.417. The molecule has 0 aliphatic carbocycles. The fourth-order valence-electron chi connectivity index (χ4n) is 1.39. The first-order chi connectivity index (χ1) is 7.67. The normalized spacial score (nSPS) is 12.1. The van der Waals surface area contributed by atoms with Crippen LogP contribution >= 0.6 is 23.2 Å². The van der Waals surface area contributed by atoms with Crippen molar-refractivity contribution in [3.8, 4) is 6.07 Å². The lowest BCUT2D eigenvalue weighted by Crippen LogP contribution is -2.27. The Hall–Kier alpha value is -0.750. The Morgan fingerprint density at radius 3 is 2.75 bits per heavy atom. The van der Waals surface area contributed by atoms with E-state index in [2.05, 4.69) is 18.3 Å². The molecule has 1 rings (SSSR count). The highest BCUT2D eigenvalue weighted by molar-refractivity contribution is 6.35. The summed E-state index contributed by atoms with van der Waals surface area (Å²) in [6.07, 6.45) is 1.44. The summed E-state index contributed by atoms with van der Waals surface area (Å²) in [5.74, 6) is 0. The molecule has 1 aromatic rings. The second-order valence-electron chi connectivity index (χ2n) is 3.58. The molecule has 0 heterocycles. The van der Waals surface area contributed by atoms with E-state index in [1.54, 1.807) is 6.07 Å². The average Bonchev–Trinajstić information content (AvgIpc) is 2.26. The van der Waals surface area contributed by atoms with Crippen LogP contribution in [0.15, 0.2) is 18.2 Å². The van der Waals surface area contributed by atoms with E-state index >= 15 is 0 Å². The van der Waals surface area contributed by atoms with Crippen molar-refractivity contribution in [1.82, 2.24) is 5.32 Å². The van der Waals surface area contributed by atoms with Gasteiger partial charge in [-0.1, -0.05) is 36.2 Å². The summed E-state index contributed by atoms with van der Waals surface area (Å²) in [4.78, 5) is 0. The minimum absolute atomic E-state index is 0.219. The van der Waals surface area contributed by atoms with E-state index in [0.29, 0.717) is 23.0 Å². The Labute approximate surface area is 106 Å². The summed E-state index contributed by atoms with van der Waals surface area (Å²) in [6.45, 7) is 2.72. The zero-order chi connectivity index (χ0) is 12.0. The highest BCUT2D eigenvalue weighted by atomic mass is 35.5. The van der Waals surface area contributed by atoms with Crippen molar-refractivity contribution in [2.24, 2.45) is 0 Å².